The van der Waals surface area contributed by atoms with E-state index < -0.39 is 0 Å². The van der Waals surface area contributed by atoms with Crippen LogP contribution in [0, 0.1) is 17.2 Å². The van der Waals surface area contributed by atoms with Gasteiger partial charge in [-0.25, -0.2) is 14.8 Å². The maximum atomic E-state index is 13.3. The summed E-state index contributed by atoms with van der Waals surface area (Å²) >= 11 is 0. The van der Waals surface area contributed by atoms with Crippen molar-refractivity contribution in [1.29, 1.82) is 0 Å². The van der Waals surface area contributed by atoms with Crippen LogP contribution in [0.2, 0.25) is 0 Å². The normalized spacial score (nSPS) is 19.7. The van der Waals surface area contributed by atoms with Crippen molar-refractivity contribution in [1.82, 2.24) is 10.4 Å². The number of para-hydroxylation sites is 1. The third-order valence-electron chi connectivity index (χ3n) is 5.58. The molecule has 0 bridgehead atoms. The first-order valence-corrected chi connectivity index (χ1v) is 10.3. The van der Waals surface area contributed by atoms with Gasteiger partial charge in [0.15, 0.2) is 0 Å². The SMILES string of the molecule is CC1CC(=NNC(=O)c2cc(-c3ccc(F)cc3)nc3ccccc23)CC(C)(C)C1. The number of pyridine rings is 1. The van der Waals surface area contributed by atoms with Gasteiger partial charge in [-0.3, -0.25) is 4.79 Å². The Kier molecular flexibility index (Phi) is 5.37. The summed E-state index contributed by atoms with van der Waals surface area (Å²) in [6, 6.07) is 15.4. The molecule has 1 aliphatic carbocycles. The molecule has 0 spiro atoms. The monoisotopic (exact) mass is 403 g/mol. The van der Waals surface area contributed by atoms with Gasteiger partial charge in [-0.1, -0.05) is 39.0 Å². The Morgan fingerprint density at radius 3 is 2.63 bits per heavy atom. The van der Waals surface area contributed by atoms with Gasteiger partial charge in [-0.15, -0.1) is 0 Å². The molecular weight excluding hydrogens is 377 g/mol. The summed E-state index contributed by atoms with van der Waals surface area (Å²) < 4.78 is 13.3. The molecule has 30 heavy (non-hydrogen) atoms. The second-order valence-corrected chi connectivity index (χ2v) is 9.05. The van der Waals surface area contributed by atoms with Gasteiger partial charge < -0.3 is 0 Å². The molecule has 1 aliphatic rings. The summed E-state index contributed by atoms with van der Waals surface area (Å²) in [5, 5.41) is 5.24. The number of nitrogens with zero attached hydrogens (tertiary/aromatic N) is 2. The zero-order valence-electron chi connectivity index (χ0n) is 17.6. The smallest absolute Gasteiger partial charge is 0.267 e. The third-order valence-corrected chi connectivity index (χ3v) is 5.58. The Hall–Kier alpha value is -3.08. The fourth-order valence-corrected chi connectivity index (χ4v) is 4.52. The second kappa shape index (κ2) is 7.98. The van der Waals surface area contributed by atoms with Gasteiger partial charge in [0.05, 0.1) is 16.8 Å². The highest BCUT2D eigenvalue weighted by Crippen LogP contribution is 2.37. The number of benzene rings is 2. The molecule has 1 amide bonds. The predicted octanol–water partition coefficient (Wildman–Crippen LogP) is 5.97. The van der Waals surface area contributed by atoms with E-state index in [1.165, 1.54) is 12.1 Å². The third kappa shape index (κ3) is 4.40. The molecule has 1 atom stereocenters. The summed E-state index contributed by atoms with van der Waals surface area (Å²) in [6.07, 6.45) is 2.95. The molecule has 0 aliphatic heterocycles. The molecular formula is C25H26FN3O. The van der Waals surface area contributed by atoms with Gasteiger partial charge in [-0.2, -0.15) is 5.10 Å². The van der Waals surface area contributed by atoms with Gasteiger partial charge in [0.2, 0.25) is 0 Å². The molecule has 1 saturated carbocycles. The Labute approximate surface area is 176 Å². The fraction of sp³-hybridized carbons (Fsp3) is 0.320. The summed E-state index contributed by atoms with van der Waals surface area (Å²) in [6.45, 7) is 6.71. The van der Waals surface area contributed by atoms with Crippen molar-refractivity contribution in [2.75, 3.05) is 0 Å². The van der Waals surface area contributed by atoms with Crippen molar-refractivity contribution in [3.63, 3.8) is 0 Å². The topological polar surface area (TPSA) is 54.4 Å². The fourth-order valence-electron chi connectivity index (χ4n) is 4.52. The summed E-state index contributed by atoms with van der Waals surface area (Å²) in [5.41, 5.74) is 6.59. The van der Waals surface area contributed by atoms with Crippen LogP contribution in [-0.2, 0) is 0 Å². The number of fused-ring (bicyclic) bond motifs is 1. The van der Waals surface area contributed by atoms with E-state index in [0.717, 1.165) is 35.9 Å². The highest BCUT2D eigenvalue weighted by molar-refractivity contribution is 6.07. The molecule has 1 heterocycles. The lowest BCUT2D eigenvalue weighted by molar-refractivity contribution is 0.0955. The first-order valence-electron chi connectivity index (χ1n) is 10.3. The zero-order chi connectivity index (χ0) is 21.3. The minimum absolute atomic E-state index is 0.195. The van der Waals surface area contributed by atoms with Crippen molar-refractivity contribution >= 4 is 22.5 Å². The second-order valence-electron chi connectivity index (χ2n) is 9.05. The predicted molar refractivity (Wildman–Crippen MR) is 119 cm³/mol. The quantitative estimate of drug-likeness (QED) is 0.548. The number of hydrogen-bond donors (Lipinski definition) is 1. The number of carbonyl (C=O) groups excluding carboxylic acids is 1. The number of aromatic nitrogens is 1. The van der Waals surface area contributed by atoms with E-state index in [2.05, 4.69) is 36.3 Å². The first-order chi connectivity index (χ1) is 14.3. The van der Waals surface area contributed by atoms with Crippen LogP contribution in [0.15, 0.2) is 59.7 Å². The van der Waals surface area contributed by atoms with Crippen LogP contribution in [0.3, 0.4) is 0 Å². The Bertz CT molecular complexity index is 1120. The molecule has 4 nitrogen and oxygen atoms in total. The Morgan fingerprint density at radius 2 is 1.90 bits per heavy atom. The maximum Gasteiger partial charge on any atom is 0.272 e. The molecule has 1 unspecified atom stereocenters. The number of carbonyl (C=O) groups is 1. The van der Waals surface area contributed by atoms with Crippen molar-refractivity contribution in [2.45, 2.75) is 40.0 Å². The minimum Gasteiger partial charge on any atom is -0.267 e. The molecule has 1 fully saturated rings. The first kappa shape index (κ1) is 20.2. The summed E-state index contributed by atoms with van der Waals surface area (Å²) in [4.78, 5) is 17.7. The Morgan fingerprint density at radius 1 is 1.17 bits per heavy atom. The number of hydrogen-bond acceptors (Lipinski definition) is 3. The average molecular weight is 404 g/mol. The van der Waals surface area contributed by atoms with Crippen molar-refractivity contribution in [3.05, 3.63) is 66.0 Å². The summed E-state index contributed by atoms with van der Waals surface area (Å²) in [7, 11) is 0. The summed E-state index contributed by atoms with van der Waals surface area (Å²) in [5.74, 6) is -0.0188. The lowest BCUT2D eigenvalue weighted by Gasteiger charge is -2.34. The van der Waals surface area contributed by atoms with Crippen LogP contribution in [-0.4, -0.2) is 16.6 Å². The van der Waals surface area contributed by atoms with Gasteiger partial charge in [-0.05, 0) is 67.0 Å². The standard InChI is InChI=1S/C25H26FN3O/c1-16-12-19(15-25(2,3)14-16)28-29-24(30)21-13-23(17-8-10-18(26)11-9-17)27-22-7-5-4-6-20(21)22/h4-11,13,16H,12,14-15H2,1-3H3,(H,29,30). The van der Waals surface area contributed by atoms with E-state index >= 15 is 0 Å². The molecule has 0 saturated heterocycles. The number of nitrogens with one attached hydrogen (secondary N) is 1. The lowest BCUT2D eigenvalue weighted by atomic mass is 9.72. The van der Waals surface area contributed by atoms with Crippen molar-refractivity contribution < 1.29 is 9.18 Å². The van der Waals surface area contributed by atoms with Crippen molar-refractivity contribution in [2.24, 2.45) is 16.4 Å². The highest BCUT2D eigenvalue weighted by Gasteiger charge is 2.29. The number of amides is 1. The van der Waals surface area contributed by atoms with E-state index in [4.69, 9.17) is 0 Å². The van der Waals surface area contributed by atoms with E-state index in [-0.39, 0.29) is 17.1 Å². The van der Waals surface area contributed by atoms with E-state index in [1.54, 1.807) is 18.2 Å². The number of hydrazone groups is 1. The van der Waals surface area contributed by atoms with Gasteiger partial charge in [0, 0.05) is 16.7 Å². The van der Waals surface area contributed by atoms with Crippen LogP contribution < -0.4 is 5.43 Å². The minimum atomic E-state index is -0.307. The van der Waals surface area contributed by atoms with Gasteiger partial charge in [0.25, 0.3) is 5.91 Å². The maximum absolute atomic E-state index is 13.3. The van der Waals surface area contributed by atoms with Crippen molar-refractivity contribution in [3.8, 4) is 11.3 Å². The van der Waals surface area contributed by atoms with E-state index in [9.17, 15) is 9.18 Å². The Balaban J connectivity index is 1.68. The number of rotatable bonds is 3. The highest BCUT2D eigenvalue weighted by atomic mass is 19.1. The van der Waals surface area contributed by atoms with Crippen LogP contribution in [0.5, 0.6) is 0 Å². The molecule has 1 aromatic heterocycles. The lowest BCUT2D eigenvalue weighted by Crippen LogP contribution is -2.30. The van der Waals surface area contributed by atoms with E-state index in [1.807, 2.05) is 24.3 Å². The van der Waals surface area contributed by atoms with Crippen LogP contribution in [0.1, 0.15) is 50.4 Å². The molecule has 2 aromatic carbocycles. The average Bonchev–Trinajstić information content (AvgIpc) is 2.70. The van der Waals surface area contributed by atoms with Crippen LogP contribution >= 0.6 is 0 Å². The molecule has 154 valence electrons. The largest absolute Gasteiger partial charge is 0.272 e. The molecule has 1 N–H and O–H groups in total. The number of halogens is 1. The van der Waals surface area contributed by atoms with Crippen LogP contribution in [0.25, 0.3) is 22.2 Å². The van der Waals surface area contributed by atoms with Gasteiger partial charge in [0.1, 0.15) is 5.82 Å². The molecule has 0 radical (unpaired) electrons. The molecule has 4 rings (SSSR count). The van der Waals surface area contributed by atoms with E-state index in [0.29, 0.717) is 22.7 Å². The zero-order valence-corrected chi connectivity index (χ0v) is 17.6. The molecule has 3 aromatic rings. The van der Waals surface area contributed by atoms with Gasteiger partial charge >= 0.3 is 0 Å². The molecule has 5 heteroatoms. The van der Waals surface area contributed by atoms with Crippen LogP contribution in [0.4, 0.5) is 4.39 Å².